The molecule has 0 aliphatic rings. The van der Waals surface area contributed by atoms with Gasteiger partial charge < -0.3 is 15.0 Å². The number of benzene rings is 2. The highest BCUT2D eigenvalue weighted by molar-refractivity contribution is 8.00. The average molecular weight is 582 g/mol. The van der Waals surface area contributed by atoms with Crippen molar-refractivity contribution in [2.75, 3.05) is 17.6 Å². The number of hydrogen-bond donors (Lipinski definition) is 2. The monoisotopic (exact) mass is 581 g/mol. The number of carbonyl (C=O) groups excluding carboxylic acids is 1. The molecule has 0 unspecified atom stereocenters. The fraction of sp³-hybridized carbons (Fsp3) is 0.452. The molecule has 9 nitrogen and oxygen atoms in total. The van der Waals surface area contributed by atoms with Gasteiger partial charge in [0, 0.05) is 42.0 Å². The first kappa shape index (κ1) is 32.3. The molecule has 41 heavy (non-hydrogen) atoms. The van der Waals surface area contributed by atoms with Crippen LogP contribution in [0.1, 0.15) is 69.4 Å². The Morgan fingerprint density at radius 1 is 1.20 bits per heavy atom. The third kappa shape index (κ3) is 8.65. The Morgan fingerprint density at radius 3 is 2.59 bits per heavy atom. The first-order valence-electron chi connectivity index (χ1n) is 14.0. The van der Waals surface area contributed by atoms with Crippen LogP contribution in [0.2, 0.25) is 0 Å². The fourth-order valence-electron chi connectivity index (χ4n) is 4.21. The summed E-state index contributed by atoms with van der Waals surface area (Å²) in [5.74, 6) is 1.76. The quantitative estimate of drug-likeness (QED) is 0.0671. The second kappa shape index (κ2) is 15.2. The van der Waals surface area contributed by atoms with Crippen molar-refractivity contribution in [1.29, 1.82) is 0 Å². The third-order valence-electron chi connectivity index (χ3n) is 6.80. The number of aromatic nitrogens is 1. The molecule has 0 atom stereocenters. The van der Waals surface area contributed by atoms with Crippen LogP contribution in [0, 0.1) is 13.8 Å². The van der Waals surface area contributed by atoms with E-state index >= 15 is 0 Å². The molecule has 3 rings (SSSR count). The summed E-state index contributed by atoms with van der Waals surface area (Å²) < 4.78 is 12.1. The summed E-state index contributed by atoms with van der Waals surface area (Å²) in [5.41, 5.74) is 10.1. The van der Waals surface area contributed by atoms with E-state index < -0.39 is 5.54 Å². The summed E-state index contributed by atoms with van der Waals surface area (Å²) in [4.78, 5) is 19.7. The molecule has 3 aromatic rings. The maximum absolute atomic E-state index is 12.3. The van der Waals surface area contributed by atoms with Crippen LogP contribution in [0.3, 0.4) is 0 Å². The Bertz CT molecular complexity index is 1320. The van der Waals surface area contributed by atoms with Crippen molar-refractivity contribution in [3.63, 3.8) is 0 Å². The third-order valence-corrected chi connectivity index (χ3v) is 7.70. The predicted octanol–water partition coefficient (Wildman–Crippen LogP) is 6.68. The molecule has 0 bridgehead atoms. The second-order valence-electron chi connectivity index (χ2n) is 10.6. The van der Waals surface area contributed by atoms with E-state index in [9.17, 15) is 10.0 Å². The standard InChI is InChI=1S/C31H43N5O4S/c1-7-9-14-29(33-31(5,6)20-32)35(21-37)18-24-15-16-26(25(17-24)19-39-8-2)27-12-10-11-13-28(27)41-36(38)30-22(3)23(4)40-34-30/h10-13,15-17,21,38H,7-9,14,18-20,32H2,1-6H3. The van der Waals surface area contributed by atoms with Crippen molar-refractivity contribution >= 4 is 30.0 Å². The molecule has 1 heterocycles. The van der Waals surface area contributed by atoms with Crippen LogP contribution in [0.25, 0.3) is 11.1 Å². The van der Waals surface area contributed by atoms with E-state index in [1.807, 2.05) is 71.0 Å². The van der Waals surface area contributed by atoms with Crippen LogP contribution >= 0.6 is 11.9 Å². The Morgan fingerprint density at radius 2 is 1.95 bits per heavy atom. The molecule has 1 aromatic heterocycles. The lowest BCUT2D eigenvalue weighted by Crippen LogP contribution is -2.36. The number of nitrogens with zero attached hydrogens (tertiary/aromatic N) is 4. The zero-order valence-corrected chi connectivity index (χ0v) is 25.8. The van der Waals surface area contributed by atoms with Gasteiger partial charge >= 0.3 is 0 Å². The fourth-order valence-corrected chi connectivity index (χ4v) is 5.07. The number of amidine groups is 1. The minimum atomic E-state index is -0.459. The molecule has 222 valence electrons. The van der Waals surface area contributed by atoms with Crippen molar-refractivity contribution < 1.29 is 19.3 Å². The molecule has 2 aromatic carbocycles. The van der Waals surface area contributed by atoms with Crippen LogP contribution in [-0.4, -0.2) is 46.2 Å². The molecule has 0 radical (unpaired) electrons. The van der Waals surface area contributed by atoms with Crippen molar-refractivity contribution in [2.45, 2.75) is 84.4 Å². The van der Waals surface area contributed by atoms with E-state index in [4.69, 9.17) is 20.0 Å². The minimum Gasteiger partial charge on any atom is -0.377 e. The number of unbranched alkanes of at least 4 members (excludes halogenated alkanes) is 1. The first-order chi connectivity index (χ1) is 19.6. The Labute approximate surface area is 247 Å². The van der Waals surface area contributed by atoms with Crippen LogP contribution in [0.4, 0.5) is 5.82 Å². The Balaban J connectivity index is 1.97. The number of amides is 1. The van der Waals surface area contributed by atoms with E-state index in [1.165, 1.54) is 0 Å². The van der Waals surface area contributed by atoms with Crippen LogP contribution < -0.4 is 10.2 Å². The highest BCUT2D eigenvalue weighted by atomic mass is 32.2. The number of aryl methyl sites for hydroxylation is 1. The van der Waals surface area contributed by atoms with Gasteiger partial charge in [-0.15, -0.1) is 0 Å². The number of aliphatic imine (C=N–C) groups is 1. The normalized spacial score (nSPS) is 12.0. The van der Waals surface area contributed by atoms with Gasteiger partial charge in [0.1, 0.15) is 11.6 Å². The van der Waals surface area contributed by atoms with Gasteiger partial charge in [-0.2, -0.15) is 4.47 Å². The molecule has 10 heteroatoms. The van der Waals surface area contributed by atoms with Gasteiger partial charge in [0.15, 0.2) is 0 Å². The molecule has 1 amide bonds. The largest absolute Gasteiger partial charge is 0.377 e. The van der Waals surface area contributed by atoms with Gasteiger partial charge in [0.2, 0.25) is 12.2 Å². The van der Waals surface area contributed by atoms with Gasteiger partial charge in [0.05, 0.1) is 18.7 Å². The van der Waals surface area contributed by atoms with Crippen LogP contribution in [0.5, 0.6) is 0 Å². The Hall–Kier alpha value is -3.18. The van der Waals surface area contributed by atoms with Crippen molar-refractivity contribution in [3.05, 3.63) is 64.9 Å². The summed E-state index contributed by atoms with van der Waals surface area (Å²) in [6.07, 6.45) is 3.49. The second-order valence-corrected chi connectivity index (χ2v) is 11.5. The lowest BCUT2D eigenvalue weighted by Gasteiger charge is -2.26. The molecule has 0 aliphatic heterocycles. The van der Waals surface area contributed by atoms with E-state index in [0.29, 0.717) is 44.3 Å². The summed E-state index contributed by atoms with van der Waals surface area (Å²) in [6.45, 7) is 13.4. The number of rotatable bonds is 15. The van der Waals surface area contributed by atoms with E-state index in [-0.39, 0.29) is 0 Å². The number of hydrogen-bond acceptors (Lipinski definition) is 9. The van der Waals surface area contributed by atoms with Crippen molar-refractivity contribution in [1.82, 2.24) is 10.1 Å². The van der Waals surface area contributed by atoms with Gasteiger partial charge in [-0.1, -0.05) is 54.9 Å². The van der Waals surface area contributed by atoms with Crippen molar-refractivity contribution in [2.24, 2.45) is 10.7 Å². The summed E-state index contributed by atoms with van der Waals surface area (Å²) in [6, 6.07) is 14.0. The number of anilines is 1. The minimum absolute atomic E-state index is 0.361. The SMILES string of the molecule is CCCCC(=NC(C)(C)CN)N(C=O)Cc1ccc(-c2ccccc2SN(O)c2noc(C)c2C)c(COCC)c1. The topological polar surface area (TPSA) is 117 Å². The van der Waals surface area contributed by atoms with E-state index in [0.717, 1.165) is 74.2 Å². The van der Waals surface area contributed by atoms with E-state index in [2.05, 4.69) is 18.1 Å². The predicted molar refractivity (Wildman–Crippen MR) is 165 cm³/mol. The van der Waals surface area contributed by atoms with Gasteiger partial charge in [-0.05, 0) is 69.4 Å². The smallest absolute Gasteiger partial charge is 0.215 e. The van der Waals surface area contributed by atoms with Crippen molar-refractivity contribution in [3.8, 4) is 11.1 Å². The average Bonchev–Trinajstić information content (AvgIpc) is 3.31. The Kier molecular flexibility index (Phi) is 12.0. The van der Waals surface area contributed by atoms with Gasteiger partial charge in [-0.3, -0.25) is 19.9 Å². The zero-order chi connectivity index (χ0) is 30.0. The van der Waals surface area contributed by atoms with Gasteiger partial charge in [0.25, 0.3) is 0 Å². The first-order valence-corrected chi connectivity index (χ1v) is 14.8. The molecule has 0 aliphatic carbocycles. The number of nitrogens with two attached hydrogens (primary N) is 1. The maximum Gasteiger partial charge on any atom is 0.215 e. The molecule has 0 fully saturated rings. The summed E-state index contributed by atoms with van der Waals surface area (Å²) in [7, 11) is 0. The molecule has 3 N–H and O–H groups in total. The van der Waals surface area contributed by atoms with E-state index in [1.54, 1.807) is 4.90 Å². The lowest BCUT2D eigenvalue weighted by molar-refractivity contribution is -0.115. The molecular formula is C31H43N5O4S. The number of ether oxygens (including phenoxy) is 1. The summed E-state index contributed by atoms with van der Waals surface area (Å²) >= 11 is 1.16. The molecular weight excluding hydrogens is 538 g/mol. The molecule has 0 spiro atoms. The maximum atomic E-state index is 12.3. The van der Waals surface area contributed by atoms with Crippen LogP contribution in [-0.2, 0) is 22.7 Å². The summed E-state index contributed by atoms with van der Waals surface area (Å²) in [5, 5.41) is 14.8. The van der Waals surface area contributed by atoms with Gasteiger partial charge in [-0.25, -0.2) is 0 Å². The highest BCUT2D eigenvalue weighted by Gasteiger charge is 2.21. The zero-order valence-electron chi connectivity index (χ0n) is 25.0. The highest BCUT2D eigenvalue weighted by Crippen LogP contribution is 2.38. The van der Waals surface area contributed by atoms with Crippen LogP contribution in [0.15, 0.2) is 56.9 Å². The molecule has 0 saturated heterocycles. The number of carbonyl (C=O) groups is 1. The lowest BCUT2D eigenvalue weighted by atomic mass is 9.97. The molecule has 0 saturated carbocycles.